The zero-order chi connectivity index (χ0) is 22.2. The predicted octanol–water partition coefficient (Wildman–Crippen LogP) is 3.26. The molecule has 1 amide bonds. The lowest BCUT2D eigenvalue weighted by atomic mass is 10.1. The summed E-state index contributed by atoms with van der Waals surface area (Å²) in [6.45, 7) is 4.46. The molecule has 0 heterocycles. The normalized spacial score (nSPS) is 14.6. The average molecular weight is 427 g/mol. The van der Waals surface area contributed by atoms with Crippen molar-refractivity contribution in [3.63, 3.8) is 0 Å². The highest BCUT2D eigenvalue weighted by atomic mass is 19.1. The highest BCUT2D eigenvalue weighted by molar-refractivity contribution is 5.80. The highest BCUT2D eigenvalue weighted by Gasteiger charge is 2.23. The molecule has 6 nitrogen and oxygen atoms in total. The molecule has 0 saturated heterocycles. The number of nitrogens with zero attached hydrogens (tertiary/aromatic N) is 1. The summed E-state index contributed by atoms with van der Waals surface area (Å²) >= 11 is 0. The van der Waals surface area contributed by atoms with E-state index >= 15 is 0 Å². The minimum atomic E-state index is -0.204. The number of rotatable bonds is 9. The summed E-state index contributed by atoms with van der Waals surface area (Å²) in [5.74, 6) is 1.07. The number of ether oxygens (including phenoxy) is 1. The Morgan fingerprint density at radius 1 is 1.23 bits per heavy atom. The molecule has 0 aromatic heterocycles. The van der Waals surface area contributed by atoms with Crippen LogP contribution < -0.4 is 20.7 Å². The van der Waals surface area contributed by atoms with Crippen LogP contribution in [0, 0.1) is 12.7 Å². The number of amides is 1. The van der Waals surface area contributed by atoms with Gasteiger partial charge in [0, 0.05) is 19.6 Å². The van der Waals surface area contributed by atoms with Gasteiger partial charge in [-0.1, -0.05) is 24.3 Å². The topological polar surface area (TPSA) is 74.8 Å². The standard InChI is InChI=1S/C24H31FN4O2/c1-16-4-7-19(14-22(16)25)17(2)28-24(26-3)27-13-12-18-5-10-21(11-6-18)31-15-23(30)29-20-8-9-20/h4-7,10-11,14,17,20H,8-9,12-13,15H2,1-3H3,(H,29,30)(H2,26,27,28). The van der Waals surface area contributed by atoms with Gasteiger partial charge < -0.3 is 20.7 Å². The summed E-state index contributed by atoms with van der Waals surface area (Å²) in [6, 6.07) is 13.3. The largest absolute Gasteiger partial charge is 0.484 e. The molecule has 1 unspecified atom stereocenters. The minimum absolute atomic E-state index is 0.0441. The SMILES string of the molecule is CN=C(NCCc1ccc(OCC(=O)NC2CC2)cc1)NC(C)c1ccc(C)c(F)c1. The lowest BCUT2D eigenvalue weighted by Crippen LogP contribution is -2.39. The fourth-order valence-electron chi connectivity index (χ4n) is 3.08. The second-order valence-electron chi connectivity index (χ2n) is 7.90. The van der Waals surface area contributed by atoms with Gasteiger partial charge in [-0.15, -0.1) is 0 Å². The van der Waals surface area contributed by atoms with E-state index in [4.69, 9.17) is 4.74 Å². The van der Waals surface area contributed by atoms with Crippen molar-refractivity contribution >= 4 is 11.9 Å². The fraction of sp³-hybridized carbons (Fsp3) is 0.417. The van der Waals surface area contributed by atoms with E-state index in [0.29, 0.717) is 29.9 Å². The smallest absolute Gasteiger partial charge is 0.258 e. The Kier molecular flexibility index (Phi) is 7.87. The first-order valence-corrected chi connectivity index (χ1v) is 10.7. The molecule has 1 saturated carbocycles. The molecule has 31 heavy (non-hydrogen) atoms. The van der Waals surface area contributed by atoms with Crippen molar-refractivity contribution in [2.45, 2.75) is 45.2 Å². The van der Waals surface area contributed by atoms with Crippen molar-refractivity contribution in [3.8, 4) is 5.75 Å². The Hall–Kier alpha value is -3.09. The maximum absolute atomic E-state index is 13.8. The molecule has 2 aromatic rings. The Bertz CT molecular complexity index is 910. The second-order valence-corrected chi connectivity index (χ2v) is 7.90. The Morgan fingerprint density at radius 2 is 1.97 bits per heavy atom. The summed E-state index contributed by atoms with van der Waals surface area (Å²) in [4.78, 5) is 15.9. The highest BCUT2D eigenvalue weighted by Crippen LogP contribution is 2.19. The lowest BCUT2D eigenvalue weighted by molar-refractivity contribution is -0.123. The molecule has 0 radical (unpaired) electrons. The third kappa shape index (κ3) is 7.27. The van der Waals surface area contributed by atoms with Crippen LogP contribution in [0.4, 0.5) is 4.39 Å². The van der Waals surface area contributed by atoms with Crippen LogP contribution in [0.2, 0.25) is 0 Å². The van der Waals surface area contributed by atoms with Gasteiger partial charge in [0.15, 0.2) is 12.6 Å². The van der Waals surface area contributed by atoms with Crippen molar-refractivity contribution in [1.82, 2.24) is 16.0 Å². The maximum atomic E-state index is 13.8. The number of aryl methyl sites for hydroxylation is 1. The fourth-order valence-corrected chi connectivity index (χ4v) is 3.08. The van der Waals surface area contributed by atoms with Crippen LogP contribution in [-0.4, -0.2) is 38.1 Å². The van der Waals surface area contributed by atoms with Gasteiger partial charge in [-0.05, 0) is 68.0 Å². The summed E-state index contributed by atoms with van der Waals surface area (Å²) in [5, 5.41) is 9.47. The maximum Gasteiger partial charge on any atom is 0.258 e. The molecule has 0 spiro atoms. The van der Waals surface area contributed by atoms with Crippen molar-refractivity contribution in [2.24, 2.45) is 4.99 Å². The average Bonchev–Trinajstić information content (AvgIpc) is 3.58. The van der Waals surface area contributed by atoms with Gasteiger partial charge in [0.05, 0.1) is 6.04 Å². The molecule has 3 rings (SSSR count). The zero-order valence-corrected chi connectivity index (χ0v) is 18.4. The first-order chi connectivity index (χ1) is 14.9. The molecule has 3 N–H and O–H groups in total. The van der Waals surface area contributed by atoms with E-state index in [0.717, 1.165) is 30.4 Å². The van der Waals surface area contributed by atoms with E-state index in [9.17, 15) is 9.18 Å². The molecule has 1 fully saturated rings. The number of hydrogen-bond donors (Lipinski definition) is 3. The molecule has 0 aliphatic heterocycles. The van der Waals surface area contributed by atoms with E-state index in [1.54, 1.807) is 26.1 Å². The molecule has 2 aromatic carbocycles. The molecule has 7 heteroatoms. The van der Waals surface area contributed by atoms with Crippen LogP contribution in [0.1, 0.15) is 42.5 Å². The van der Waals surface area contributed by atoms with Gasteiger partial charge in [-0.2, -0.15) is 0 Å². The first kappa shape index (κ1) is 22.6. The van der Waals surface area contributed by atoms with E-state index < -0.39 is 0 Å². The van der Waals surface area contributed by atoms with Gasteiger partial charge in [-0.3, -0.25) is 9.79 Å². The van der Waals surface area contributed by atoms with Gasteiger partial charge in [0.1, 0.15) is 11.6 Å². The Morgan fingerprint density at radius 3 is 2.61 bits per heavy atom. The molecule has 166 valence electrons. The van der Waals surface area contributed by atoms with Crippen molar-refractivity contribution in [3.05, 3.63) is 65.0 Å². The van der Waals surface area contributed by atoms with Gasteiger partial charge in [0.25, 0.3) is 5.91 Å². The minimum Gasteiger partial charge on any atom is -0.484 e. The van der Waals surface area contributed by atoms with Crippen LogP contribution >= 0.6 is 0 Å². The van der Waals surface area contributed by atoms with Crippen LogP contribution in [0.5, 0.6) is 5.75 Å². The molecular formula is C24H31FN4O2. The van der Waals surface area contributed by atoms with Crippen LogP contribution in [0.15, 0.2) is 47.5 Å². The number of guanidine groups is 1. The summed E-state index contributed by atoms with van der Waals surface area (Å²) in [7, 11) is 1.71. The van der Waals surface area contributed by atoms with Crippen molar-refractivity contribution in [2.75, 3.05) is 20.2 Å². The molecule has 1 atom stereocenters. The summed E-state index contributed by atoms with van der Waals surface area (Å²) < 4.78 is 19.3. The summed E-state index contributed by atoms with van der Waals surface area (Å²) in [6.07, 6.45) is 2.94. The number of aliphatic imine (C=N–C) groups is 1. The zero-order valence-electron chi connectivity index (χ0n) is 18.4. The second kappa shape index (κ2) is 10.8. The van der Waals surface area contributed by atoms with E-state index in [-0.39, 0.29) is 24.4 Å². The number of carbonyl (C=O) groups excluding carboxylic acids is 1. The monoisotopic (exact) mass is 426 g/mol. The number of halogens is 1. The molecule has 1 aliphatic rings. The number of hydrogen-bond acceptors (Lipinski definition) is 3. The Labute approximate surface area is 183 Å². The van der Waals surface area contributed by atoms with Gasteiger partial charge in [-0.25, -0.2) is 4.39 Å². The van der Waals surface area contributed by atoms with Gasteiger partial charge >= 0.3 is 0 Å². The van der Waals surface area contributed by atoms with E-state index in [1.807, 2.05) is 37.3 Å². The molecular weight excluding hydrogens is 395 g/mol. The number of carbonyl (C=O) groups is 1. The van der Waals surface area contributed by atoms with E-state index in [2.05, 4.69) is 20.9 Å². The third-order valence-electron chi connectivity index (χ3n) is 5.21. The van der Waals surface area contributed by atoms with E-state index in [1.165, 1.54) is 0 Å². The Balaban J connectivity index is 1.40. The summed E-state index contributed by atoms with van der Waals surface area (Å²) in [5.41, 5.74) is 2.65. The lowest BCUT2D eigenvalue weighted by Gasteiger charge is -2.18. The molecule has 1 aliphatic carbocycles. The predicted molar refractivity (Wildman–Crippen MR) is 121 cm³/mol. The molecule has 0 bridgehead atoms. The van der Waals surface area contributed by atoms with Gasteiger partial charge in [0.2, 0.25) is 0 Å². The number of nitrogens with one attached hydrogen (secondary N) is 3. The van der Waals surface area contributed by atoms with Crippen LogP contribution in [-0.2, 0) is 11.2 Å². The van der Waals surface area contributed by atoms with Crippen molar-refractivity contribution in [1.29, 1.82) is 0 Å². The first-order valence-electron chi connectivity index (χ1n) is 10.7. The quantitative estimate of drug-likeness (QED) is 0.425. The van der Waals surface area contributed by atoms with Crippen LogP contribution in [0.25, 0.3) is 0 Å². The third-order valence-corrected chi connectivity index (χ3v) is 5.21. The van der Waals surface area contributed by atoms with Crippen molar-refractivity contribution < 1.29 is 13.9 Å². The number of benzene rings is 2. The van der Waals surface area contributed by atoms with Crippen LogP contribution in [0.3, 0.4) is 0 Å².